The molecule has 0 aliphatic rings. The maximum absolute atomic E-state index is 12.1. The fourth-order valence-electron chi connectivity index (χ4n) is 1.67. The highest BCUT2D eigenvalue weighted by Crippen LogP contribution is 2.16. The molecule has 5 heteroatoms. The van der Waals surface area contributed by atoms with Crippen LogP contribution in [-0.4, -0.2) is 17.4 Å². The van der Waals surface area contributed by atoms with Crippen LogP contribution in [0.25, 0.3) is 0 Å². The smallest absolute Gasteiger partial charge is 0.274 e. The van der Waals surface area contributed by atoms with E-state index in [1.54, 1.807) is 6.07 Å². The van der Waals surface area contributed by atoms with E-state index >= 15 is 0 Å². The molecule has 2 N–H and O–H groups in total. The fourth-order valence-corrected chi connectivity index (χ4v) is 2.07. The van der Waals surface area contributed by atoms with Gasteiger partial charge in [0.1, 0.15) is 11.5 Å². The van der Waals surface area contributed by atoms with E-state index in [9.17, 15) is 4.79 Å². The molecule has 1 amide bonds. The summed E-state index contributed by atoms with van der Waals surface area (Å²) >= 11 is 3.37. The quantitative estimate of drug-likeness (QED) is 0.871. The van der Waals surface area contributed by atoms with Gasteiger partial charge in [-0.25, -0.2) is 4.98 Å². The second-order valence-electron chi connectivity index (χ2n) is 4.30. The van der Waals surface area contributed by atoms with Crippen LogP contribution in [0.5, 0.6) is 0 Å². The van der Waals surface area contributed by atoms with Gasteiger partial charge in [-0.2, -0.15) is 0 Å². The van der Waals surface area contributed by atoms with Crippen molar-refractivity contribution >= 4 is 33.3 Å². The highest BCUT2D eigenvalue weighted by atomic mass is 79.9. The molecular weight excluding hydrogens is 318 g/mol. The minimum atomic E-state index is -0.219. The Kier molecular flexibility index (Phi) is 5.12. The summed E-state index contributed by atoms with van der Waals surface area (Å²) in [5.74, 6) is 0.497. The first-order valence-corrected chi connectivity index (χ1v) is 7.26. The van der Waals surface area contributed by atoms with Crippen LogP contribution in [0.4, 0.5) is 11.5 Å². The van der Waals surface area contributed by atoms with Gasteiger partial charge in [0.05, 0.1) is 0 Å². The molecule has 0 saturated carbocycles. The molecule has 0 radical (unpaired) electrons. The lowest BCUT2D eigenvalue weighted by Crippen LogP contribution is -2.14. The van der Waals surface area contributed by atoms with E-state index in [0.717, 1.165) is 23.1 Å². The zero-order chi connectivity index (χ0) is 14.4. The Morgan fingerprint density at radius 3 is 2.80 bits per heavy atom. The summed E-state index contributed by atoms with van der Waals surface area (Å²) in [4.78, 5) is 16.4. The molecule has 0 atom stereocenters. The van der Waals surface area contributed by atoms with E-state index in [4.69, 9.17) is 0 Å². The van der Waals surface area contributed by atoms with Crippen molar-refractivity contribution in [3.63, 3.8) is 0 Å². The standard InChI is InChI=1S/C15H16BrN3O/c1-2-9-17-14-8-4-7-13(19-14)15(20)18-12-6-3-5-11(16)10-12/h3-8,10H,2,9H2,1H3,(H,17,19)(H,18,20). The van der Waals surface area contributed by atoms with Crippen molar-refractivity contribution in [2.45, 2.75) is 13.3 Å². The van der Waals surface area contributed by atoms with Gasteiger partial charge < -0.3 is 10.6 Å². The Morgan fingerprint density at radius 1 is 1.25 bits per heavy atom. The summed E-state index contributed by atoms with van der Waals surface area (Å²) in [5, 5.41) is 5.99. The number of benzene rings is 1. The number of rotatable bonds is 5. The average Bonchev–Trinajstić information content (AvgIpc) is 2.45. The molecule has 1 aromatic carbocycles. The molecule has 1 aromatic heterocycles. The SMILES string of the molecule is CCCNc1cccc(C(=O)Nc2cccc(Br)c2)n1. The third kappa shape index (κ3) is 4.06. The van der Waals surface area contributed by atoms with E-state index in [-0.39, 0.29) is 5.91 Å². The molecule has 0 bridgehead atoms. The van der Waals surface area contributed by atoms with Gasteiger partial charge in [-0.3, -0.25) is 4.79 Å². The van der Waals surface area contributed by atoms with Crippen LogP contribution >= 0.6 is 15.9 Å². The molecule has 104 valence electrons. The van der Waals surface area contributed by atoms with E-state index in [2.05, 4.69) is 38.5 Å². The highest BCUT2D eigenvalue weighted by molar-refractivity contribution is 9.10. The van der Waals surface area contributed by atoms with Crippen LogP contribution in [-0.2, 0) is 0 Å². The number of nitrogens with zero attached hydrogens (tertiary/aromatic N) is 1. The highest BCUT2D eigenvalue weighted by Gasteiger charge is 2.08. The minimum Gasteiger partial charge on any atom is -0.370 e. The summed E-state index contributed by atoms with van der Waals surface area (Å²) in [6, 6.07) is 12.8. The molecule has 20 heavy (non-hydrogen) atoms. The van der Waals surface area contributed by atoms with Crippen LogP contribution in [0.3, 0.4) is 0 Å². The minimum absolute atomic E-state index is 0.219. The third-order valence-corrected chi connectivity index (χ3v) is 3.11. The van der Waals surface area contributed by atoms with Crippen molar-refractivity contribution in [3.8, 4) is 0 Å². The molecule has 2 aromatic rings. The number of carbonyl (C=O) groups is 1. The largest absolute Gasteiger partial charge is 0.370 e. The van der Waals surface area contributed by atoms with Crippen LogP contribution in [0.1, 0.15) is 23.8 Å². The second kappa shape index (κ2) is 7.05. The van der Waals surface area contributed by atoms with Crippen molar-refractivity contribution in [2.24, 2.45) is 0 Å². The number of amides is 1. The van der Waals surface area contributed by atoms with Gasteiger partial charge in [0, 0.05) is 16.7 Å². The molecule has 1 heterocycles. The molecule has 0 aliphatic heterocycles. The zero-order valence-electron chi connectivity index (χ0n) is 11.2. The third-order valence-electron chi connectivity index (χ3n) is 2.62. The molecule has 0 fully saturated rings. The predicted octanol–water partition coefficient (Wildman–Crippen LogP) is 3.92. The summed E-state index contributed by atoms with van der Waals surface area (Å²) in [7, 11) is 0. The van der Waals surface area contributed by atoms with Crippen LogP contribution in [0, 0.1) is 0 Å². The van der Waals surface area contributed by atoms with Gasteiger partial charge in [0.2, 0.25) is 0 Å². The van der Waals surface area contributed by atoms with Crippen LogP contribution in [0.15, 0.2) is 46.9 Å². The van der Waals surface area contributed by atoms with Gasteiger partial charge in [0.15, 0.2) is 0 Å². The normalized spacial score (nSPS) is 10.1. The topological polar surface area (TPSA) is 54.0 Å². The molecule has 0 aliphatic carbocycles. The summed E-state index contributed by atoms with van der Waals surface area (Å²) in [5.41, 5.74) is 1.13. The number of hydrogen-bond donors (Lipinski definition) is 2. The molecule has 0 unspecified atom stereocenters. The lowest BCUT2D eigenvalue weighted by Gasteiger charge is -2.07. The Labute approximate surface area is 126 Å². The Bertz CT molecular complexity index is 601. The summed E-state index contributed by atoms with van der Waals surface area (Å²) < 4.78 is 0.918. The van der Waals surface area contributed by atoms with Crippen molar-refractivity contribution in [1.29, 1.82) is 0 Å². The number of carbonyl (C=O) groups excluding carboxylic acids is 1. The first kappa shape index (κ1) is 14.5. The van der Waals surface area contributed by atoms with Crippen molar-refractivity contribution < 1.29 is 4.79 Å². The fraction of sp³-hybridized carbons (Fsp3) is 0.200. The average molecular weight is 334 g/mol. The second-order valence-corrected chi connectivity index (χ2v) is 5.21. The Balaban J connectivity index is 2.09. The maximum atomic E-state index is 12.1. The molecule has 0 spiro atoms. The number of nitrogens with one attached hydrogen (secondary N) is 2. The number of hydrogen-bond acceptors (Lipinski definition) is 3. The Hall–Kier alpha value is -1.88. The van der Waals surface area contributed by atoms with Gasteiger partial charge in [-0.05, 0) is 36.8 Å². The number of halogens is 1. The molecule has 2 rings (SSSR count). The number of pyridine rings is 1. The molecule has 4 nitrogen and oxygen atoms in total. The van der Waals surface area contributed by atoms with E-state index in [1.165, 1.54) is 0 Å². The number of anilines is 2. The predicted molar refractivity (Wildman–Crippen MR) is 85.1 cm³/mol. The van der Waals surface area contributed by atoms with Crippen molar-refractivity contribution in [1.82, 2.24) is 4.98 Å². The lowest BCUT2D eigenvalue weighted by atomic mass is 10.3. The van der Waals surface area contributed by atoms with Crippen molar-refractivity contribution in [2.75, 3.05) is 17.2 Å². The van der Waals surface area contributed by atoms with E-state index in [1.807, 2.05) is 36.4 Å². The first-order valence-electron chi connectivity index (χ1n) is 6.47. The lowest BCUT2D eigenvalue weighted by molar-refractivity contribution is 0.102. The van der Waals surface area contributed by atoms with Crippen LogP contribution < -0.4 is 10.6 Å². The number of aromatic nitrogens is 1. The van der Waals surface area contributed by atoms with Gasteiger partial charge in [-0.1, -0.05) is 35.0 Å². The van der Waals surface area contributed by atoms with Gasteiger partial charge >= 0.3 is 0 Å². The monoisotopic (exact) mass is 333 g/mol. The van der Waals surface area contributed by atoms with Crippen LogP contribution in [0.2, 0.25) is 0 Å². The first-order chi connectivity index (χ1) is 9.69. The molecular formula is C15H16BrN3O. The Morgan fingerprint density at radius 2 is 2.05 bits per heavy atom. The van der Waals surface area contributed by atoms with Gasteiger partial charge in [-0.15, -0.1) is 0 Å². The van der Waals surface area contributed by atoms with E-state index < -0.39 is 0 Å². The summed E-state index contributed by atoms with van der Waals surface area (Å²) in [6.45, 7) is 2.92. The zero-order valence-corrected chi connectivity index (χ0v) is 12.8. The summed E-state index contributed by atoms with van der Waals surface area (Å²) in [6.07, 6.45) is 1.01. The molecule has 0 saturated heterocycles. The van der Waals surface area contributed by atoms with Gasteiger partial charge in [0.25, 0.3) is 5.91 Å². The van der Waals surface area contributed by atoms with Crippen molar-refractivity contribution in [3.05, 3.63) is 52.6 Å². The van der Waals surface area contributed by atoms with E-state index in [0.29, 0.717) is 11.5 Å². The maximum Gasteiger partial charge on any atom is 0.274 e.